The largest absolute Gasteiger partial charge is 0.392 e. The van der Waals surface area contributed by atoms with Crippen molar-refractivity contribution in [1.82, 2.24) is 19.6 Å². The summed E-state index contributed by atoms with van der Waals surface area (Å²) in [5, 5.41) is 4.68. The first-order valence-corrected chi connectivity index (χ1v) is 8.21. The molecule has 0 aromatic carbocycles. The van der Waals surface area contributed by atoms with Crippen LogP contribution in [0.1, 0.15) is 38.9 Å². The number of nitrogens with two attached hydrogens (primary N) is 1. The summed E-state index contributed by atoms with van der Waals surface area (Å²) in [5.74, 6) is 0. The molecule has 6 heteroatoms. The summed E-state index contributed by atoms with van der Waals surface area (Å²) in [4.78, 5) is 5.40. The van der Waals surface area contributed by atoms with Crippen LogP contribution in [-0.4, -0.2) is 56.8 Å². The molecule has 1 aliphatic rings. The summed E-state index contributed by atoms with van der Waals surface area (Å²) in [6, 6.07) is 2.81. The number of hydrogen-bond acceptors (Lipinski definition) is 4. The van der Waals surface area contributed by atoms with E-state index in [9.17, 15) is 0 Å². The van der Waals surface area contributed by atoms with Crippen molar-refractivity contribution in [3.05, 3.63) is 18.0 Å². The van der Waals surface area contributed by atoms with Crippen molar-refractivity contribution in [1.29, 1.82) is 0 Å². The molecule has 1 fully saturated rings. The van der Waals surface area contributed by atoms with Crippen LogP contribution in [0.25, 0.3) is 0 Å². The zero-order chi connectivity index (χ0) is 15.4. The summed E-state index contributed by atoms with van der Waals surface area (Å²) in [7, 11) is 0. The van der Waals surface area contributed by atoms with Gasteiger partial charge in [-0.15, -0.1) is 0 Å². The SMILES string of the molecule is CCC(C)n1ccc(CN2CCN(C(C)C(N)=S)CC2)n1. The number of aromatic nitrogens is 2. The quantitative estimate of drug-likeness (QED) is 0.810. The topological polar surface area (TPSA) is 50.3 Å². The molecule has 2 rings (SSSR count). The third kappa shape index (κ3) is 4.25. The molecule has 1 aromatic heterocycles. The van der Waals surface area contributed by atoms with Crippen LogP contribution >= 0.6 is 12.2 Å². The number of piperazine rings is 1. The maximum atomic E-state index is 5.73. The minimum Gasteiger partial charge on any atom is -0.392 e. The Morgan fingerprint density at radius 1 is 1.33 bits per heavy atom. The highest BCUT2D eigenvalue weighted by Gasteiger charge is 2.22. The Morgan fingerprint density at radius 3 is 2.57 bits per heavy atom. The Hall–Kier alpha value is -0.980. The van der Waals surface area contributed by atoms with Gasteiger partial charge in [0, 0.05) is 45.0 Å². The zero-order valence-corrected chi connectivity index (χ0v) is 14.1. The lowest BCUT2D eigenvalue weighted by molar-refractivity contribution is 0.116. The standard InChI is InChI=1S/C15H27N5S/c1-4-12(2)20-6-5-14(17-20)11-18-7-9-19(10-8-18)13(3)15(16)21/h5-6,12-13H,4,7-11H2,1-3H3,(H2,16,21). The van der Waals surface area contributed by atoms with Gasteiger partial charge in [0.2, 0.25) is 0 Å². The normalized spacial score (nSPS) is 20.3. The van der Waals surface area contributed by atoms with Crippen LogP contribution in [-0.2, 0) is 6.54 Å². The molecule has 0 aliphatic carbocycles. The van der Waals surface area contributed by atoms with E-state index in [1.165, 1.54) is 0 Å². The average Bonchev–Trinajstić information content (AvgIpc) is 2.95. The molecule has 2 heterocycles. The van der Waals surface area contributed by atoms with Crippen LogP contribution in [0.5, 0.6) is 0 Å². The fourth-order valence-electron chi connectivity index (χ4n) is 2.61. The van der Waals surface area contributed by atoms with Gasteiger partial charge in [-0.2, -0.15) is 5.10 Å². The monoisotopic (exact) mass is 309 g/mol. The van der Waals surface area contributed by atoms with E-state index in [1.54, 1.807) is 0 Å². The predicted molar refractivity (Wildman–Crippen MR) is 90.3 cm³/mol. The van der Waals surface area contributed by atoms with E-state index in [2.05, 4.69) is 52.6 Å². The van der Waals surface area contributed by atoms with Crippen molar-refractivity contribution >= 4 is 17.2 Å². The van der Waals surface area contributed by atoms with Crippen LogP contribution in [0.2, 0.25) is 0 Å². The summed E-state index contributed by atoms with van der Waals surface area (Å²) < 4.78 is 2.07. The maximum Gasteiger partial charge on any atom is 0.0899 e. The van der Waals surface area contributed by atoms with E-state index in [0.717, 1.165) is 44.8 Å². The van der Waals surface area contributed by atoms with Gasteiger partial charge in [0.15, 0.2) is 0 Å². The van der Waals surface area contributed by atoms with Crippen LogP contribution in [0.15, 0.2) is 12.3 Å². The molecule has 0 saturated carbocycles. The van der Waals surface area contributed by atoms with Gasteiger partial charge in [0.25, 0.3) is 0 Å². The molecule has 0 spiro atoms. The second-order valence-electron chi connectivity index (χ2n) is 5.93. The van der Waals surface area contributed by atoms with Gasteiger partial charge in [-0.1, -0.05) is 19.1 Å². The Bertz CT molecular complexity index is 464. The van der Waals surface area contributed by atoms with Crippen molar-refractivity contribution in [2.45, 2.75) is 45.8 Å². The van der Waals surface area contributed by atoms with Crippen LogP contribution in [0.3, 0.4) is 0 Å². The smallest absolute Gasteiger partial charge is 0.0899 e. The van der Waals surface area contributed by atoms with Gasteiger partial charge in [0.05, 0.1) is 16.7 Å². The Labute approximate surface area is 133 Å². The van der Waals surface area contributed by atoms with Crippen molar-refractivity contribution in [2.24, 2.45) is 5.73 Å². The second kappa shape index (κ2) is 7.33. The molecular formula is C15H27N5S. The lowest BCUT2D eigenvalue weighted by Crippen LogP contribution is -2.52. The average molecular weight is 309 g/mol. The summed E-state index contributed by atoms with van der Waals surface area (Å²) in [6.45, 7) is 11.5. The van der Waals surface area contributed by atoms with Crippen molar-refractivity contribution in [2.75, 3.05) is 26.2 Å². The van der Waals surface area contributed by atoms with E-state index in [-0.39, 0.29) is 6.04 Å². The lowest BCUT2D eigenvalue weighted by atomic mass is 10.2. The molecule has 2 atom stereocenters. The van der Waals surface area contributed by atoms with E-state index in [1.807, 2.05) is 0 Å². The van der Waals surface area contributed by atoms with Gasteiger partial charge >= 0.3 is 0 Å². The van der Waals surface area contributed by atoms with Gasteiger partial charge in [0.1, 0.15) is 0 Å². The van der Waals surface area contributed by atoms with E-state index in [0.29, 0.717) is 11.0 Å². The van der Waals surface area contributed by atoms with E-state index < -0.39 is 0 Å². The van der Waals surface area contributed by atoms with Gasteiger partial charge in [-0.05, 0) is 26.3 Å². The van der Waals surface area contributed by atoms with Crippen molar-refractivity contribution in [3.8, 4) is 0 Å². The Morgan fingerprint density at radius 2 is 2.00 bits per heavy atom. The highest BCUT2D eigenvalue weighted by Crippen LogP contribution is 2.12. The van der Waals surface area contributed by atoms with Crippen LogP contribution in [0.4, 0.5) is 0 Å². The predicted octanol–water partition coefficient (Wildman–Crippen LogP) is 1.65. The number of hydrogen-bond donors (Lipinski definition) is 1. The minimum atomic E-state index is 0.201. The Kier molecular flexibility index (Phi) is 5.72. The highest BCUT2D eigenvalue weighted by atomic mass is 32.1. The first-order chi connectivity index (χ1) is 10.0. The molecule has 2 unspecified atom stereocenters. The molecular weight excluding hydrogens is 282 g/mol. The minimum absolute atomic E-state index is 0.201. The molecule has 1 aromatic rings. The van der Waals surface area contributed by atoms with Crippen LogP contribution in [0, 0.1) is 0 Å². The second-order valence-corrected chi connectivity index (χ2v) is 6.41. The third-order valence-corrected chi connectivity index (χ3v) is 4.80. The molecule has 1 aliphatic heterocycles. The molecule has 0 bridgehead atoms. The maximum absolute atomic E-state index is 5.73. The molecule has 118 valence electrons. The number of thiocarbonyl (C=S) groups is 1. The van der Waals surface area contributed by atoms with Gasteiger partial charge in [-0.3, -0.25) is 14.5 Å². The first kappa shape index (κ1) is 16.4. The van der Waals surface area contributed by atoms with E-state index >= 15 is 0 Å². The summed E-state index contributed by atoms with van der Waals surface area (Å²) >= 11 is 5.08. The van der Waals surface area contributed by atoms with Crippen molar-refractivity contribution in [3.63, 3.8) is 0 Å². The summed E-state index contributed by atoms with van der Waals surface area (Å²) in [5.41, 5.74) is 6.89. The lowest BCUT2D eigenvalue weighted by Gasteiger charge is -2.37. The molecule has 0 radical (unpaired) electrons. The number of rotatable bonds is 6. The van der Waals surface area contributed by atoms with Crippen LogP contribution < -0.4 is 5.73 Å². The van der Waals surface area contributed by atoms with Gasteiger partial charge in [-0.25, -0.2) is 0 Å². The first-order valence-electron chi connectivity index (χ1n) is 7.81. The fourth-order valence-corrected chi connectivity index (χ4v) is 2.76. The summed E-state index contributed by atoms with van der Waals surface area (Å²) in [6.07, 6.45) is 3.20. The number of nitrogens with zero attached hydrogens (tertiary/aromatic N) is 4. The van der Waals surface area contributed by atoms with Gasteiger partial charge < -0.3 is 5.73 Å². The highest BCUT2D eigenvalue weighted by molar-refractivity contribution is 7.80. The molecule has 21 heavy (non-hydrogen) atoms. The zero-order valence-electron chi connectivity index (χ0n) is 13.3. The van der Waals surface area contributed by atoms with Crippen molar-refractivity contribution < 1.29 is 0 Å². The molecule has 5 nitrogen and oxygen atoms in total. The molecule has 0 amide bonds. The third-order valence-electron chi connectivity index (χ3n) is 4.46. The molecule has 2 N–H and O–H groups in total. The Balaban J connectivity index is 1.83. The van der Waals surface area contributed by atoms with E-state index in [4.69, 9.17) is 18.0 Å². The fraction of sp³-hybridized carbons (Fsp3) is 0.733. The molecule has 1 saturated heterocycles.